The summed E-state index contributed by atoms with van der Waals surface area (Å²) in [7, 11) is 1.81. The number of rotatable bonds is 6. The van der Waals surface area contributed by atoms with Crippen molar-refractivity contribution < 1.29 is 4.79 Å². The first-order chi connectivity index (χ1) is 12.5. The van der Waals surface area contributed by atoms with Crippen molar-refractivity contribution in [3.63, 3.8) is 0 Å². The molecule has 0 saturated carbocycles. The number of aromatic nitrogens is 2. The second kappa shape index (κ2) is 7.73. The van der Waals surface area contributed by atoms with Crippen molar-refractivity contribution >= 4 is 16.9 Å². The molecular weight excluding hydrogens is 322 g/mol. The number of carbonyl (C=O) groups is 1. The van der Waals surface area contributed by atoms with Crippen LogP contribution in [0.1, 0.15) is 50.1 Å². The van der Waals surface area contributed by atoms with Gasteiger partial charge in [0.25, 0.3) is 0 Å². The molecule has 4 nitrogen and oxygen atoms in total. The van der Waals surface area contributed by atoms with E-state index in [0.717, 1.165) is 29.8 Å². The normalized spacial score (nSPS) is 12.3. The Morgan fingerprint density at radius 2 is 1.85 bits per heavy atom. The van der Waals surface area contributed by atoms with Gasteiger partial charge in [-0.1, -0.05) is 50.2 Å². The zero-order chi connectivity index (χ0) is 18.7. The monoisotopic (exact) mass is 349 g/mol. The van der Waals surface area contributed by atoms with Gasteiger partial charge in [0.15, 0.2) is 0 Å². The lowest BCUT2D eigenvalue weighted by Crippen LogP contribution is -2.25. The summed E-state index contributed by atoms with van der Waals surface area (Å²) in [5.74, 6) is 1.54. The Labute approximate surface area is 155 Å². The average molecular weight is 349 g/mol. The molecule has 0 saturated heterocycles. The van der Waals surface area contributed by atoms with Gasteiger partial charge in [-0.2, -0.15) is 0 Å². The number of nitrogens with zero attached hydrogens (tertiary/aromatic N) is 3. The second-order valence-corrected chi connectivity index (χ2v) is 7.03. The van der Waals surface area contributed by atoms with Crippen molar-refractivity contribution in [2.24, 2.45) is 0 Å². The SMILES string of the molecule is CC[C@H](C)c1ccc(Cn2c(CN(C)C(C)=O)nc3ccccc32)cc1. The molecule has 26 heavy (non-hydrogen) atoms. The van der Waals surface area contributed by atoms with Gasteiger partial charge in [0.1, 0.15) is 5.82 Å². The highest BCUT2D eigenvalue weighted by Crippen LogP contribution is 2.22. The zero-order valence-corrected chi connectivity index (χ0v) is 16.1. The highest BCUT2D eigenvalue weighted by Gasteiger charge is 2.14. The Hall–Kier alpha value is -2.62. The first kappa shape index (κ1) is 18.2. The summed E-state index contributed by atoms with van der Waals surface area (Å²) in [6.07, 6.45) is 1.15. The van der Waals surface area contributed by atoms with E-state index in [2.05, 4.69) is 48.7 Å². The van der Waals surface area contributed by atoms with Gasteiger partial charge in [-0.15, -0.1) is 0 Å². The summed E-state index contributed by atoms with van der Waals surface area (Å²) in [5.41, 5.74) is 4.69. The maximum absolute atomic E-state index is 11.7. The number of para-hydroxylation sites is 2. The molecule has 1 atom stereocenters. The molecule has 0 aliphatic carbocycles. The smallest absolute Gasteiger partial charge is 0.219 e. The zero-order valence-electron chi connectivity index (χ0n) is 16.1. The summed E-state index contributed by atoms with van der Waals surface area (Å²) >= 11 is 0. The fraction of sp³-hybridized carbons (Fsp3) is 0.364. The fourth-order valence-electron chi connectivity index (χ4n) is 3.12. The molecule has 2 aromatic carbocycles. The van der Waals surface area contributed by atoms with Gasteiger partial charge < -0.3 is 9.47 Å². The largest absolute Gasteiger partial charge is 0.339 e. The average Bonchev–Trinajstić information content (AvgIpc) is 2.99. The van der Waals surface area contributed by atoms with Gasteiger partial charge in [0.2, 0.25) is 5.91 Å². The molecule has 3 rings (SSSR count). The molecule has 136 valence electrons. The molecular formula is C22H27N3O. The summed E-state index contributed by atoms with van der Waals surface area (Å²) in [4.78, 5) is 18.1. The molecule has 0 bridgehead atoms. The lowest BCUT2D eigenvalue weighted by molar-refractivity contribution is -0.128. The number of hydrogen-bond donors (Lipinski definition) is 0. The van der Waals surface area contributed by atoms with Crippen LogP contribution in [0.25, 0.3) is 11.0 Å². The molecule has 1 aromatic heterocycles. The van der Waals surface area contributed by atoms with Crippen molar-refractivity contribution in [3.8, 4) is 0 Å². The van der Waals surface area contributed by atoms with Gasteiger partial charge in [0.05, 0.1) is 17.6 Å². The first-order valence-corrected chi connectivity index (χ1v) is 9.24. The third-order valence-electron chi connectivity index (χ3n) is 5.15. The van der Waals surface area contributed by atoms with E-state index in [1.54, 1.807) is 11.8 Å². The van der Waals surface area contributed by atoms with Gasteiger partial charge in [0, 0.05) is 20.5 Å². The Morgan fingerprint density at radius 1 is 1.15 bits per heavy atom. The quantitative estimate of drug-likeness (QED) is 0.653. The summed E-state index contributed by atoms with van der Waals surface area (Å²) < 4.78 is 2.22. The molecule has 1 amide bonds. The molecule has 0 fully saturated rings. The van der Waals surface area contributed by atoms with Gasteiger partial charge >= 0.3 is 0 Å². The van der Waals surface area contributed by atoms with E-state index in [0.29, 0.717) is 12.5 Å². The summed E-state index contributed by atoms with van der Waals surface area (Å²) in [6, 6.07) is 17.0. The lowest BCUT2D eigenvalue weighted by atomic mass is 9.98. The molecule has 3 aromatic rings. The maximum atomic E-state index is 11.7. The molecule has 0 aliphatic rings. The van der Waals surface area contributed by atoms with Gasteiger partial charge in [-0.3, -0.25) is 4.79 Å². The van der Waals surface area contributed by atoms with E-state index in [9.17, 15) is 4.79 Å². The predicted octanol–water partition coefficient (Wildman–Crippen LogP) is 4.58. The number of hydrogen-bond acceptors (Lipinski definition) is 2. The number of fused-ring (bicyclic) bond motifs is 1. The predicted molar refractivity (Wildman–Crippen MR) is 106 cm³/mol. The van der Waals surface area contributed by atoms with E-state index in [4.69, 9.17) is 4.98 Å². The van der Waals surface area contributed by atoms with Gasteiger partial charge in [-0.25, -0.2) is 4.98 Å². The Morgan fingerprint density at radius 3 is 2.50 bits per heavy atom. The molecule has 0 spiro atoms. The highest BCUT2D eigenvalue weighted by molar-refractivity contribution is 5.76. The minimum absolute atomic E-state index is 0.0431. The third kappa shape index (κ3) is 3.79. The molecule has 0 unspecified atom stereocenters. The van der Waals surface area contributed by atoms with Crippen LogP contribution >= 0.6 is 0 Å². The molecule has 0 N–H and O–H groups in total. The Kier molecular flexibility index (Phi) is 5.40. The fourth-order valence-corrected chi connectivity index (χ4v) is 3.12. The van der Waals surface area contributed by atoms with Crippen LogP contribution < -0.4 is 0 Å². The van der Waals surface area contributed by atoms with Crippen molar-refractivity contribution in [2.75, 3.05) is 7.05 Å². The summed E-state index contributed by atoms with van der Waals surface area (Å²) in [6.45, 7) is 7.32. The highest BCUT2D eigenvalue weighted by atomic mass is 16.2. The molecule has 4 heteroatoms. The van der Waals surface area contributed by atoms with Crippen LogP contribution in [-0.4, -0.2) is 27.4 Å². The van der Waals surface area contributed by atoms with Crippen LogP contribution in [-0.2, 0) is 17.9 Å². The lowest BCUT2D eigenvalue weighted by Gasteiger charge is -2.16. The van der Waals surface area contributed by atoms with Crippen molar-refractivity contribution in [1.29, 1.82) is 0 Å². The van der Waals surface area contributed by atoms with Crippen LogP contribution in [0.3, 0.4) is 0 Å². The summed E-state index contributed by atoms with van der Waals surface area (Å²) in [5, 5.41) is 0. The second-order valence-electron chi connectivity index (χ2n) is 7.03. The number of amides is 1. The standard InChI is InChI=1S/C22H27N3O/c1-5-16(2)19-12-10-18(11-13-19)14-25-21-9-7-6-8-20(21)23-22(25)15-24(4)17(3)26/h6-13,16H,5,14-15H2,1-4H3/t16-/m0/s1. The van der Waals surface area contributed by atoms with Crippen LogP contribution in [0, 0.1) is 0 Å². The van der Waals surface area contributed by atoms with E-state index in [1.807, 2.05) is 25.2 Å². The van der Waals surface area contributed by atoms with Crippen molar-refractivity contribution in [3.05, 3.63) is 65.5 Å². The number of benzene rings is 2. The maximum Gasteiger partial charge on any atom is 0.219 e. The minimum Gasteiger partial charge on any atom is -0.339 e. The van der Waals surface area contributed by atoms with E-state index in [1.165, 1.54) is 11.1 Å². The molecule has 1 heterocycles. The first-order valence-electron chi connectivity index (χ1n) is 9.24. The molecule has 0 radical (unpaired) electrons. The van der Waals surface area contributed by atoms with Crippen LogP contribution in [0.15, 0.2) is 48.5 Å². The Balaban J connectivity index is 1.94. The van der Waals surface area contributed by atoms with Crippen LogP contribution in [0.4, 0.5) is 0 Å². The van der Waals surface area contributed by atoms with Crippen LogP contribution in [0.5, 0.6) is 0 Å². The van der Waals surface area contributed by atoms with E-state index >= 15 is 0 Å². The Bertz CT molecular complexity index is 895. The number of imidazole rings is 1. The van der Waals surface area contributed by atoms with Crippen molar-refractivity contribution in [1.82, 2.24) is 14.5 Å². The molecule has 0 aliphatic heterocycles. The third-order valence-corrected chi connectivity index (χ3v) is 5.15. The number of carbonyl (C=O) groups excluding carboxylic acids is 1. The topological polar surface area (TPSA) is 38.1 Å². The van der Waals surface area contributed by atoms with E-state index in [-0.39, 0.29) is 5.91 Å². The van der Waals surface area contributed by atoms with Gasteiger partial charge in [-0.05, 0) is 35.6 Å². The van der Waals surface area contributed by atoms with Crippen molar-refractivity contribution in [2.45, 2.75) is 46.2 Å². The minimum atomic E-state index is 0.0431. The van der Waals surface area contributed by atoms with E-state index < -0.39 is 0 Å². The van der Waals surface area contributed by atoms with Crippen LogP contribution in [0.2, 0.25) is 0 Å².